The Labute approximate surface area is 238 Å². The average molecular weight is 583 g/mol. The standard InChI is InChI=1S/C26H30N8O8/c27-22-18-23(33(12-28-18)25-20(36)19(35)21(42-25)24(37)29-14-1-2-14)31-17(30-22)11-13-7-9-32(10-8-13)26(38)41-16-5-3-15(4-6-16)34(39)40/h3-6,12-14,19-21,25,35-36H,1-2,7-11H2,(H,29,37)(H2,27,30,31)/t19?,20?,21-,25+/m0/s1. The molecule has 2 unspecified atom stereocenters. The van der Waals surface area contributed by atoms with Gasteiger partial charge in [0.15, 0.2) is 23.8 Å². The van der Waals surface area contributed by atoms with Crippen LogP contribution in [0.3, 0.4) is 0 Å². The van der Waals surface area contributed by atoms with E-state index in [1.807, 2.05) is 0 Å². The Balaban J connectivity index is 1.09. The summed E-state index contributed by atoms with van der Waals surface area (Å²) in [5.41, 5.74) is 6.70. The molecule has 16 nitrogen and oxygen atoms in total. The molecule has 1 saturated carbocycles. The van der Waals surface area contributed by atoms with E-state index in [2.05, 4.69) is 20.3 Å². The number of fused-ring (bicyclic) bond motifs is 1. The summed E-state index contributed by atoms with van der Waals surface area (Å²) in [5.74, 6) is 0.486. The van der Waals surface area contributed by atoms with Gasteiger partial charge in [0, 0.05) is 37.7 Å². The third-order valence-electron chi connectivity index (χ3n) is 7.79. The number of nitrogens with zero attached hydrogens (tertiary/aromatic N) is 6. The summed E-state index contributed by atoms with van der Waals surface area (Å²) in [6.07, 6.45) is -0.784. The molecule has 16 heteroatoms. The Kier molecular flexibility index (Phi) is 7.34. The Hall–Kier alpha value is -4.41. The molecular formula is C26H30N8O8. The third kappa shape index (κ3) is 5.55. The van der Waals surface area contributed by atoms with Crippen molar-refractivity contribution in [2.75, 3.05) is 18.8 Å². The van der Waals surface area contributed by atoms with Crippen molar-refractivity contribution < 1.29 is 34.2 Å². The maximum Gasteiger partial charge on any atom is 0.415 e. The van der Waals surface area contributed by atoms with Crippen LogP contribution in [0.25, 0.3) is 11.2 Å². The van der Waals surface area contributed by atoms with Crippen molar-refractivity contribution in [3.8, 4) is 5.75 Å². The molecule has 3 aliphatic rings. The van der Waals surface area contributed by atoms with E-state index in [0.717, 1.165) is 12.8 Å². The van der Waals surface area contributed by atoms with Gasteiger partial charge < -0.3 is 35.6 Å². The van der Waals surface area contributed by atoms with Crippen LogP contribution in [-0.4, -0.2) is 89.0 Å². The number of nitrogens with two attached hydrogens (primary N) is 1. The Morgan fingerprint density at radius 3 is 2.50 bits per heavy atom. The monoisotopic (exact) mass is 582 g/mol. The summed E-state index contributed by atoms with van der Waals surface area (Å²) in [5, 5.41) is 34.8. The van der Waals surface area contributed by atoms with E-state index in [0.29, 0.717) is 49.3 Å². The predicted octanol–water partition coefficient (Wildman–Crippen LogP) is 0.668. The number of non-ortho nitro benzene ring substituents is 1. The van der Waals surface area contributed by atoms with Crippen molar-refractivity contribution >= 4 is 34.7 Å². The normalized spacial score (nSPS) is 24.6. The Bertz CT molecular complexity index is 1500. The zero-order valence-corrected chi connectivity index (χ0v) is 22.4. The number of aliphatic hydroxyl groups excluding tert-OH is 2. The highest BCUT2D eigenvalue weighted by Crippen LogP contribution is 2.33. The summed E-state index contributed by atoms with van der Waals surface area (Å²) >= 11 is 0. The number of benzene rings is 1. The van der Waals surface area contributed by atoms with Gasteiger partial charge in [-0.2, -0.15) is 0 Å². The second-order valence-electron chi connectivity index (χ2n) is 10.8. The Morgan fingerprint density at radius 1 is 1.12 bits per heavy atom. The van der Waals surface area contributed by atoms with E-state index in [1.54, 1.807) is 4.90 Å². The molecule has 4 atom stereocenters. The molecule has 4 heterocycles. The lowest BCUT2D eigenvalue weighted by Gasteiger charge is -2.31. The molecule has 42 heavy (non-hydrogen) atoms. The number of carbonyl (C=O) groups is 2. The van der Waals surface area contributed by atoms with Crippen LogP contribution in [0.2, 0.25) is 0 Å². The molecule has 5 N–H and O–H groups in total. The highest BCUT2D eigenvalue weighted by molar-refractivity contribution is 5.83. The summed E-state index contributed by atoms with van der Waals surface area (Å²) in [6.45, 7) is 0.882. The number of nitro groups is 1. The molecule has 0 radical (unpaired) electrons. The molecule has 222 valence electrons. The number of ether oxygens (including phenoxy) is 2. The van der Waals surface area contributed by atoms with Crippen LogP contribution < -0.4 is 15.8 Å². The van der Waals surface area contributed by atoms with Gasteiger partial charge in [-0.15, -0.1) is 0 Å². The van der Waals surface area contributed by atoms with Gasteiger partial charge in [0.25, 0.3) is 11.6 Å². The number of imidazole rings is 1. The predicted molar refractivity (Wildman–Crippen MR) is 144 cm³/mol. The summed E-state index contributed by atoms with van der Waals surface area (Å²) < 4.78 is 12.6. The summed E-state index contributed by atoms with van der Waals surface area (Å²) in [4.78, 5) is 50.3. The first kappa shape index (κ1) is 27.7. The van der Waals surface area contributed by atoms with Gasteiger partial charge in [-0.1, -0.05) is 0 Å². The average Bonchev–Trinajstić information content (AvgIpc) is 3.61. The fraction of sp³-hybridized carbons (Fsp3) is 0.500. The van der Waals surface area contributed by atoms with E-state index in [4.69, 9.17) is 15.2 Å². The first-order valence-electron chi connectivity index (χ1n) is 13.7. The van der Waals surface area contributed by atoms with Crippen molar-refractivity contribution in [1.29, 1.82) is 0 Å². The van der Waals surface area contributed by atoms with Crippen LogP contribution in [0.15, 0.2) is 30.6 Å². The lowest BCUT2D eigenvalue weighted by molar-refractivity contribution is -0.384. The first-order valence-corrected chi connectivity index (χ1v) is 13.7. The van der Waals surface area contributed by atoms with E-state index in [1.165, 1.54) is 35.2 Å². The van der Waals surface area contributed by atoms with E-state index < -0.39 is 41.5 Å². The van der Waals surface area contributed by atoms with Crippen molar-refractivity contribution in [3.63, 3.8) is 0 Å². The molecule has 1 aliphatic carbocycles. The minimum Gasteiger partial charge on any atom is -0.410 e. The lowest BCUT2D eigenvalue weighted by atomic mass is 9.93. The van der Waals surface area contributed by atoms with Crippen LogP contribution in [0.1, 0.15) is 37.7 Å². The molecule has 0 bridgehead atoms. The number of anilines is 1. The molecule has 3 aromatic rings. The second-order valence-corrected chi connectivity index (χ2v) is 10.8. The van der Waals surface area contributed by atoms with Crippen LogP contribution in [0.5, 0.6) is 5.75 Å². The number of nitro benzene ring substituents is 1. The lowest BCUT2D eigenvalue weighted by Crippen LogP contribution is -2.43. The van der Waals surface area contributed by atoms with Gasteiger partial charge in [-0.3, -0.25) is 19.5 Å². The number of rotatable bonds is 7. The number of hydrogen-bond acceptors (Lipinski definition) is 12. The fourth-order valence-electron chi connectivity index (χ4n) is 5.26. The topological polar surface area (TPSA) is 221 Å². The molecule has 0 spiro atoms. The SMILES string of the molecule is Nc1nc(CC2CCN(C(=O)Oc3ccc([N+](=O)[O-])cc3)CC2)nc2c1ncn2[C@@H]1O[C@H](C(=O)NC2CC2)C(O)C1O. The highest BCUT2D eigenvalue weighted by atomic mass is 16.6. The number of piperidine rings is 1. The molecular weight excluding hydrogens is 552 g/mol. The first-order chi connectivity index (χ1) is 20.2. The molecule has 6 rings (SSSR count). The smallest absolute Gasteiger partial charge is 0.410 e. The molecule has 2 amide bonds. The second kappa shape index (κ2) is 11.1. The van der Waals surface area contributed by atoms with Crippen LogP contribution >= 0.6 is 0 Å². The number of nitrogen functional groups attached to an aromatic ring is 1. The van der Waals surface area contributed by atoms with Crippen molar-refractivity contribution in [2.45, 2.75) is 62.7 Å². The van der Waals surface area contributed by atoms with Gasteiger partial charge in [-0.05, 0) is 43.7 Å². The van der Waals surface area contributed by atoms with Crippen molar-refractivity contribution in [1.82, 2.24) is 29.7 Å². The minimum atomic E-state index is -1.43. The van der Waals surface area contributed by atoms with Crippen LogP contribution in [-0.2, 0) is 16.0 Å². The number of likely N-dealkylation sites (tertiary alicyclic amines) is 1. The molecule has 3 fully saturated rings. The zero-order valence-electron chi connectivity index (χ0n) is 22.4. The maximum absolute atomic E-state index is 12.6. The highest BCUT2D eigenvalue weighted by Gasteiger charge is 2.48. The van der Waals surface area contributed by atoms with E-state index in [-0.39, 0.29) is 29.2 Å². The quantitative estimate of drug-likeness (QED) is 0.223. The van der Waals surface area contributed by atoms with Crippen LogP contribution in [0.4, 0.5) is 16.3 Å². The van der Waals surface area contributed by atoms with Gasteiger partial charge in [0.2, 0.25) is 0 Å². The van der Waals surface area contributed by atoms with Crippen molar-refractivity contribution in [2.24, 2.45) is 5.92 Å². The molecule has 2 aliphatic heterocycles. The van der Waals surface area contributed by atoms with E-state index >= 15 is 0 Å². The zero-order chi connectivity index (χ0) is 29.5. The maximum atomic E-state index is 12.6. The largest absolute Gasteiger partial charge is 0.415 e. The van der Waals surface area contributed by atoms with Gasteiger partial charge >= 0.3 is 6.09 Å². The summed E-state index contributed by atoms with van der Waals surface area (Å²) in [6, 6.07) is 5.38. The number of nitrogens with one attached hydrogen (secondary N) is 1. The van der Waals surface area contributed by atoms with Crippen LogP contribution in [0, 0.1) is 16.0 Å². The van der Waals surface area contributed by atoms with Gasteiger partial charge in [-0.25, -0.2) is 19.7 Å². The number of amides is 2. The number of aliphatic hydroxyl groups is 2. The Morgan fingerprint density at radius 2 is 1.83 bits per heavy atom. The van der Waals surface area contributed by atoms with Gasteiger partial charge in [0.1, 0.15) is 29.3 Å². The minimum absolute atomic E-state index is 0.0706. The third-order valence-corrected chi connectivity index (χ3v) is 7.79. The summed E-state index contributed by atoms with van der Waals surface area (Å²) in [7, 11) is 0. The molecule has 1 aromatic carbocycles. The number of carbonyl (C=O) groups excluding carboxylic acids is 2. The number of aromatic nitrogens is 4. The molecule has 2 aromatic heterocycles. The fourth-order valence-corrected chi connectivity index (χ4v) is 5.26. The molecule has 2 saturated heterocycles. The van der Waals surface area contributed by atoms with Crippen molar-refractivity contribution in [3.05, 3.63) is 46.5 Å². The number of hydrogen-bond donors (Lipinski definition) is 4. The van der Waals surface area contributed by atoms with Gasteiger partial charge in [0.05, 0.1) is 11.3 Å². The van der Waals surface area contributed by atoms with E-state index in [9.17, 15) is 29.9 Å².